The lowest BCUT2D eigenvalue weighted by molar-refractivity contribution is -0.394. The second-order valence-electron chi connectivity index (χ2n) is 7.08. The molecule has 0 saturated carbocycles. The minimum atomic E-state index is -4.30. The Balaban J connectivity index is 0.00000240. The monoisotopic (exact) mass is 484 g/mol. The van der Waals surface area contributed by atoms with Gasteiger partial charge in [-0.25, -0.2) is 0 Å². The van der Waals surface area contributed by atoms with Crippen LogP contribution < -0.4 is 0 Å². The van der Waals surface area contributed by atoms with Gasteiger partial charge in [0.25, 0.3) is 0 Å². The van der Waals surface area contributed by atoms with Gasteiger partial charge in [0.15, 0.2) is 0 Å². The molecule has 1 aromatic carbocycles. The van der Waals surface area contributed by atoms with E-state index in [1.165, 1.54) is 11.0 Å². The molecule has 2 aromatic rings. The van der Waals surface area contributed by atoms with E-state index in [1.54, 1.807) is 12.1 Å². The van der Waals surface area contributed by atoms with Crippen molar-refractivity contribution in [3.63, 3.8) is 0 Å². The SMILES string of the molecule is Cl.Cl.O=[N+]([O-])c1ncn(CCCCN2CCN(Cc3ccc(C(F)(F)F)cc3)CC2)n1. The maximum absolute atomic E-state index is 12.6. The number of unbranched alkanes of at least 4 members (excludes halogenated alkanes) is 1. The number of alkyl halides is 3. The molecule has 13 heteroatoms. The zero-order valence-corrected chi connectivity index (χ0v) is 18.3. The van der Waals surface area contributed by atoms with Crippen molar-refractivity contribution in [2.24, 2.45) is 0 Å². The molecule has 0 atom stereocenters. The molecule has 0 spiro atoms. The van der Waals surface area contributed by atoms with Crippen molar-refractivity contribution in [2.45, 2.75) is 32.1 Å². The number of halogens is 5. The van der Waals surface area contributed by atoms with E-state index in [0.29, 0.717) is 13.1 Å². The predicted octanol–water partition coefficient (Wildman–Crippen LogP) is 3.65. The Kier molecular flexibility index (Phi) is 10.6. The molecule has 174 valence electrons. The van der Waals surface area contributed by atoms with Gasteiger partial charge >= 0.3 is 12.1 Å². The van der Waals surface area contributed by atoms with Crippen molar-refractivity contribution >= 4 is 30.8 Å². The molecule has 0 radical (unpaired) electrons. The highest BCUT2D eigenvalue weighted by Gasteiger charge is 2.30. The summed E-state index contributed by atoms with van der Waals surface area (Å²) in [7, 11) is 0. The second kappa shape index (κ2) is 12.2. The highest BCUT2D eigenvalue weighted by atomic mass is 35.5. The van der Waals surface area contributed by atoms with E-state index in [0.717, 1.165) is 63.3 Å². The molecule has 0 unspecified atom stereocenters. The van der Waals surface area contributed by atoms with Crippen LogP contribution in [-0.2, 0) is 19.3 Å². The highest BCUT2D eigenvalue weighted by molar-refractivity contribution is 5.85. The van der Waals surface area contributed by atoms with Crippen LogP contribution in [0.15, 0.2) is 30.6 Å². The maximum atomic E-state index is 12.6. The molecule has 0 N–H and O–H groups in total. The van der Waals surface area contributed by atoms with Gasteiger partial charge in [-0.1, -0.05) is 17.1 Å². The molecule has 8 nitrogen and oxygen atoms in total. The molecular weight excluding hydrogens is 460 g/mol. The minimum Gasteiger partial charge on any atom is -0.390 e. The van der Waals surface area contributed by atoms with E-state index in [1.807, 2.05) is 0 Å². The Morgan fingerprint density at radius 1 is 0.968 bits per heavy atom. The quantitative estimate of drug-likeness (QED) is 0.323. The summed E-state index contributed by atoms with van der Waals surface area (Å²) in [6.45, 7) is 5.74. The summed E-state index contributed by atoms with van der Waals surface area (Å²) in [6, 6.07) is 5.36. The first-order valence-corrected chi connectivity index (χ1v) is 9.46. The highest BCUT2D eigenvalue weighted by Crippen LogP contribution is 2.29. The van der Waals surface area contributed by atoms with Gasteiger partial charge in [-0.05, 0) is 42.0 Å². The van der Waals surface area contributed by atoms with Gasteiger partial charge in [-0.2, -0.15) is 17.9 Å². The number of aryl methyl sites for hydroxylation is 1. The molecule has 1 aliphatic rings. The zero-order chi connectivity index (χ0) is 20.9. The first-order valence-electron chi connectivity index (χ1n) is 9.46. The van der Waals surface area contributed by atoms with Gasteiger partial charge in [0.1, 0.15) is 0 Å². The van der Waals surface area contributed by atoms with Crippen LogP contribution in [0.5, 0.6) is 0 Å². The average Bonchev–Trinajstić information content (AvgIpc) is 3.16. The van der Waals surface area contributed by atoms with Gasteiger partial charge in [-0.3, -0.25) is 4.90 Å². The van der Waals surface area contributed by atoms with Crippen LogP contribution in [0.1, 0.15) is 24.0 Å². The summed E-state index contributed by atoms with van der Waals surface area (Å²) in [4.78, 5) is 18.2. The van der Waals surface area contributed by atoms with Gasteiger partial charge in [0.2, 0.25) is 6.33 Å². The molecule has 0 aliphatic carbocycles. The minimum absolute atomic E-state index is 0. The third kappa shape index (κ3) is 8.24. The van der Waals surface area contributed by atoms with E-state index in [9.17, 15) is 23.3 Å². The molecule has 2 heterocycles. The van der Waals surface area contributed by atoms with E-state index in [-0.39, 0.29) is 30.8 Å². The van der Waals surface area contributed by atoms with E-state index >= 15 is 0 Å². The van der Waals surface area contributed by atoms with Crippen molar-refractivity contribution in [2.75, 3.05) is 32.7 Å². The lowest BCUT2D eigenvalue weighted by Crippen LogP contribution is -2.46. The normalized spacial score (nSPS) is 15.2. The second-order valence-corrected chi connectivity index (χ2v) is 7.08. The summed E-state index contributed by atoms with van der Waals surface area (Å²) >= 11 is 0. The van der Waals surface area contributed by atoms with Gasteiger partial charge < -0.3 is 15.0 Å². The summed E-state index contributed by atoms with van der Waals surface area (Å²) in [5.74, 6) is -0.380. The number of piperazine rings is 1. The number of nitro groups is 1. The molecule has 3 rings (SSSR count). The first-order chi connectivity index (χ1) is 13.8. The van der Waals surface area contributed by atoms with Crippen molar-refractivity contribution < 1.29 is 18.1 Å². The maximum Gasteiger partial charge on any atom is 0.490 e. The van der Waals surface area contributed by atoms with E-state index < -0.39 is 16.7 Å². The molecule has 1 saturated heterocycles. The van der Waals surface area contributed by atoms with Crippen LogP contribution in [0.4, 0.5) is 19.1 Å². The number of benzene rings is 1. The molecule has 31 heavy (non-hydrogen) atoms. The standard InChI is InChI=1S/C18H23F3N6O2.2ClH/c19-18(20,21)16-5-3-15(4-6-16)13-25-11-9-24(10-12-25)7-1-2-8-26-14-22-17(23-26)27(28)29;;/h3-6,14H,1-2,7-13H2;2*1H. The van der Waals surface area contributed by atoms with E-state index in [2.05, 4.69) is 19.9 Å². The average molecular weight is 485 g/mol. The number of nitrogens with zero attached hydrogens (tertiary/aromatic N) is 6. The zero-order valence-electron chi connectivity index (χ0n) is 16.7. The third-order valence-electron chi connectivity index (χ3n) is 4.95. The van der Waals surface area contributed by atoms with Crippen LogP contribution in [0, 0.1) is 10.1 Å². The predicted molar refractivity (Wildman–Crippen MR) is 114 cm³/mol. The largest absolute Gasteiger partial charge is 0.490 e. The summed E-state index contributed by atoms with van der Waals surface area (Å²) in [5, 5.41) is 14.3. The van der Waals surface area contributed by atoms with Crippen LogP contribution in [-0.4, -0.2) is 62.2 Å². The summed E-state index contributed by atoms with van der Waals surface area (Å²) in [6.07, 6.45) is -1.12. The van der Waals surface area contributed by atoms with Crippen LogP contribution in [0.2, 0.25) is 0 Å². The fraction of sp³-hybridized carbons (Fsp3) is 0.556. The Bertz CT molecular complexity index is 811. The Labute approximate surface area is 190 Å². The summed E-state index contributed by atoms with van der Waals surface area (Å²) < 4.78 is 39.4. The van der Waals surface area contributed by atoms with Gasteiger partial charge in [0, 0.05) is 37.8 Å². The van der Waals surface area contributed by atoms with Crippen LogP contribution in [0.3, 0.4) is 0 Å². The van der Waals surface area contributed by atoms with Crippen molar-refractivity contribution in [1.82, 2.24) is 24.6 Å². The first kappa shape index (κ1) is 27.1. The topological polar surface area (TPSA) is 80.3 Å². The van der Waals surface area contributed by atoms with Gasteiger partial charge in [0.05, 0.1) is 12.1 Å². The van der Waals surface area contributed by atoms with Crippen molar-refractivity contribution in [3.8, 4) is 0 Å². The molecule has 1 fully saturated rings. The Hall–Kier alpha value is -1.95. The number of rotatable bonds is 8. The molecule has 1 aliphatic heterocycles. The lowest BCUT2D eigenvalue weighted by Gasteiger charge is -2.34. The number of aromatic nitrogens is 3. The van der Waals surface area contributed by atoms with Gasteiger partial charge in [-0.15, -0.1) is 24.8 Å². The number of hydrogen-bond acceptors (Lipinski definition) is 6. The third-order valence-corrected chi connectivity index (χ3v) is 4.95. The number of hydrogen-bond donors (Lipinski definition) is 0. The summed E-state index contributed by atoms with van der Waals surface area (Å²) in [5.41, 5.74) is 0.264. The molecule has 0 amide bonds. The Morgan fingerprint density at radius 2 is 1.55 bits per heavy atom. The van der Waals surface area contributed by atoms with Crippen LogP contribution in [0.25, 0.3) is 0 Å². The molecule has 1 aromatic heterocycles. The van der Waals surface area contributed by atoms with Crippen molar-refractivity contribution in [1.29, 1.82) is 0 Å². The smallest absolute Gasteiger partial charge is 0.390 e. The Morgan fingerprint density at radius 3 is 2.10 bits per heavy atom. The van der Waals surface area contributed by atoms with E-state index in [4.69, 9.17) is 0 Å². The fourth-order valence-electron chi connectivity index (χ4n) is 3.31. The molecular formula is C18H25Cl2F3N6O2. The van der Waals surface area contributed by atoms with Crippen molar-refractivity contribution in [3.05, 3.63) is 51.8 Å². The lowest BCUT2D eigenvalue weighted by atomic mass is 10.1. The molecule has 0 bridgehead atoms. The fourth-order valence-corrected chi connectivity index (χ4v) is 3.31. The van der Waals surface area contributed by atoms with Crippen LogP contribution >= 0.6 is 24.8 Å².